The molecule has 25 heavy (non-hydrogen) atoms. The highest BCUT2D eigenvalue weighted by molar-refractivity contribution is 6.30. The van der Waals surface area contributed by atoms with Gasteiger partial charge in [0.15, 0.2) is 0 Å². The van der Waals surface area contributed by atoms with Crippen molar-refractivity contribution in [3.05, 3.63) is 64.2 Å². The summed E-state index contributed by atoms with van der Waals surface area (Å²) in [5.74, 6) is 0.192. The zero-order chi connectivity index (χ0) is 18.4. The lowest BCUT2D eigenvalue weighted by Gasteiger charge is -2.19. The number of methoxy groups -OCH3 is 1. The van der Waals surface area contributed by atoms with E-state index in [2.05, 4.69) is 5.32 Å². The lowest BCUT2D eigenvalue weighted by Crippen LogP contribution is -2.38. The number of carbonyl (C=O) groups excluding carboxylic acids is 2. The van der Waals surface area contributed by atoms with Gasteiger partial charge in [0.05, 0.1) is 13.7 Å². The highest BCUT2D eigenvalue weighted by atomic mass is 35.5. The predicted molar refractivity (Wildman–Crippen MR) is 98.0 cm³/mol. The molecule has 0 unspecified atom stereocenters. The zero-order valence-corrected chi connectivity index (χ0v) is 15.3. The molecule has 2 aromatic carbocycles. The Morgan fingerprint density at radius 2 is 1.92 bits per heavy atom. The van der Waals surface area contributed by atoms with Crippen LogP contribution in [0.25, 0.3) is 0 Å². The van der Waals surface area contributed by atoms with Crippen LogP contribution in [-0.2, 0) is 11.3 Å². The number of amides is 2. The molecule has 0 bridgehead atoms. The molecule has 2 rings (SSSR count). The molecule has 2 aromatic rings. The molecule has 0 heterocycles. The monoisotopic (exact) mass is 360 g/mol. The van der Waals surface area contributed by atoms with Crippen molar-refractivity contribution < 1.29 is 14.3 Å². The summed E-state index contributed by atoms with van der Waals surface area (Å²) in [7, 11) is 3.24. The maximum atomic E-state index is 12.3. The standard InChI is InChI=1S/C19H21ClN2O3/c1-13-6-4-5-7-16(13)19(24)21-11-18(23)22(2)12-14-10-15(20)8-9-17(14)25-3/h4-10H,11-12H2,1-3H3,(H,21,24). The summed E-state index contributed by atoms with van der Waals surface area (Å²) in [5.41, 5.74) is 2.23. The Morgan fingerprint density at radius 3 is 2.60 bits per heavy atom. The quantitative estimate of drug-likeness (QED) is 0.861. The van der Waals surface area contributed by atoms with Gasteiger partial charge in [-0.25, -0.2) is 0 Å². The van der Waals surface area contributed by atoms with Crippen molar-refractivity contribution in [3.8, 4) is 5.75 Å². The van der Waals surface area contributed by atoms with Gasteiger partial charge in [-0.1, -0.05) is 29.8 Å². The SMILES string of the molecule is COc1ccc(Cl)cc1CN(C)C(=O)CNC(=O)c1ccccc1C. The van der Waals surface area contributed by atoms with Crippen molar-refractivity contribution >= 4 is 23.4 Å². The van der Waals surface area contributed by atoms with Gasteiger partial charge in [-0.05, 0) is 36.8 Å². The van der Waals surface area contributed by atoms with E-state index in [1.807, 2.05) is 19.1 Å². The summed E-state index contributed by atoms with van der Waals surface area (Å²) in [5, 5.41) is 3.23. The largest absolute Gasteiger partial charge is 0.496 e. The Hall–Kier alpha value is -2.53. The number of likely N-dealkylation sites (N-methyl/N-ethyl adjacent to an activating group) is 1. The van der Waals surface area contributed by atoms with Gasteiger partial charge in [-0.2, -0.15) is 0 Å². The molecule has 2 amide bonds. The van der Waals surface area contributed by atoms with Crippen LogP contribution in [0.4, 0.5) is 0 Å². The second-order valence-corrected chi connectivity index (χ2v) is 6.14. The molecule has 6 heteroatoms. The average molecular weight is 361 g/mol. The Kier molecular flexibility index (Phi) is 6.42. The van der Waals surface area contributed by atoms with Gasteiger partial charge < -0.3 is 15.0 Å². The summed E-state index contributed by atoms with van der Waals surface area (Å²) in [6.07, 6.45) is 0. The van der Waals surface area contributed by atoms with Crippen LogP contribution in [0.5, 0.6) is 5.75 Å². The van der Waals surface area contributed by atoms with E-state index in [9.17, 15) is 9.59 Å². The first-order chi connectivity index (χ1) is 11.9. The van der Waals surface area contributed by atoms with E-state index in [-0.39, 0.29) is 18.4 Å². The molecule has 0 aromatic heterocycles. The minimum Gasteiger partial charge on any atom is -0.496 e. The second-order valence-electron chi connectivity index (χ2n) is 5.70. The number of carbonyl (C=O) groups is 2. The lowest BCUT2D eigenvalue weighted by molar-refractivity contribution is -0.129. The molecular formula is C19H21ClN2O3. The van der Waals surface area contributed by atoms with Crippen LogP contribution < -0.4 is 10.1 Å². The van der Waals surface area contributed by atoms with E-state index < -0.39 is 0 Å². The minimum atomic E-state index is -0.264. The van der Waals surface area contributed by atoms with Crippen LogP contribution in [0.1, 0.15) is 21.5 Å². The molecule has 0 spiro atoms. The lowest BCUT2D eigenvalue weighted by atomic mass is 10.1. The summed E-state index contributed by atoms with van der Waals surface area (Å²) < 4.78 is 5.28. The van der Waals surface area contributed by atoms with Crippen LogP contribution in [0, 0.1) is 6.92 Å². The molecule has 0 saturated heterocycles. The van der Waals surface area contributed by atoms with Crippen molar-refractivity contribution in [1.29, 1.82) is 0 Å². The average Bonchev–Trinajstić information content (AvgIpc) is 2.60. The first-order valence-electron chi connectivity index (χ1n) is 7.82. The maximum absolute atomic E-state index is 12.3. The molecule has 0 atom stereocenters. The number of hydrogen-bond acceptors (Lipinski definition) is 3. The third-order valence-corrected chi connectivity index (χ3v) is 4.10. The molecule has 0 aliphatic rings. The Labute approximate surface area is 152 Å². The van der Waals surface area contributed by atoms with Crippen LogP contribution in [0.3, 0.4) is 0 Å². The third-order valence-electron chi connectivity index (χ3n) is 3.87. The van der Waals surface area contributed by atoms with E-state index >= 15 is 0 Å². The highest BCUT2D eigenvalue weighted by Crippen LogP contribution is 2.23. The van der Waals surface area contributed by atoms with Crippen molar-refractivity contribution in [2.24, 2.45) is 0 Å². The van der Waals surface area contributed by atoms with E-state index in [4.69, 9.17) is 16.3 Å². The molecule has 0 aliphatic carbocycles. The number of halogens is 1. The number of hydrogen-bond donors (Lipinski definition) is 1. The molecule has 0 saturated carbocycles. The predicted octanol–water partition coefficient (Wildman–Crippen LogP) is 3.05. The maximum Gasteiger partial charge on any atom is 0.251 e. The normalized spacial score (nSPS) is 10.2. The topological polar surface area (TPSA) is 58.6 Å². The number of nitrogens with one attached hydrogen (secondary N) is 1. The highest BCUT2D eigenvalue weighted by Gasteiger charge is 2.15. The first kappa shape index (κ1) is 18.8. The number of nitrogens with zero attached hydrogens (tertiary/aromatic N) is 1. The van der Waals surface area contributed by atoms with Gasteiger partial charge in [0.2, 0.25) is 5.91 Å². The fraction of sp³-hybridized carbons (Fsp3) is 0.263. The summed E-state index contributed by atoms with van der Waals surface area (Å²) in [6.45, 7) is 2.11. The first-order valence-corrected chi connectivity index (χ1v) is 8.20. The molecule has 132 valence electrons. The van der Waals surface area contributed by atoms with E-state index in [1.54, 1.807) is 44.5 Å². The zero-order valence-electron chi connectivity index (χ0n) is 14.5. The van der Waals surface area contributed by atoms with Gasteiger partial charge in [-0.15, -0.1) is 0 Å². The van der Waals surface area contributed by atoms with Gasteiger partial charge in [0, 0.05) is 29.7 Å². The molecular weight excluding hydrogens is 340 g/mol. The van der Waals surface area contributed by atoms with Crippen LogP contribution >= 0.6 is 11.6 Å². The Bertz CT molecular complexity index is 777. The van der Waals surface area contributed by atoms with E-state index in [0.717, 1.165) is 11.1 Å². The molecule has 0 fully saturated rings. The van der Waals surface area contributed by atoms with E-state index in [0.29, 0.717) is 22.9 Å². The van der Waals surface area contributed by atoms with Gasteiger partial charge in [-0.3, -0.25) is 9.59 Å². The summed E-state index contributed by atoms with van der Waals surface area (Å²) in [6, 6.07) is 12.5. The van der Waals surface area contributed by atoms with Gasteiger partial charge >= 0.3 is 0 Å². The number of benzene rings is 2. The molecule has 0 radical (unpaired) electrons. The molecule has 0 aliphatic heterocycles. The Morgan fingerprint density at radius 1 is 1.20 bits per heavy atom. The van der Waals surface area contributed by atoms with Gasteiger partial charge in [0.1, 0.15) is 5.75 Å². The number of aryl methyl sites for hydroxylation is 1. The number of rotatable bonds is 6. The third kappa shape index (κ3) is 4.97. The number of ether oxygens (including phenoxy) is 1. The van der Waals surface area contributed by atoms with Crippen LogP contribution in [0.2, 0.25) is 5.02 Å². The molecule has 1 N–H and O–H groups in total. The van der Waals surface area contributed by atoms with E-state index in [1.165, 1.54) is 4.90 Å². The second kappa shape index (κ2) is 8.53. The Balaban J connectivity index is 1.96. The van der Waals surface area contributed by atoms with Crippen LogP contribution in [-0.4, -0.2) is 37.4 Å². The minimum absolute atomic E-state index is 0.0768. The molecule has 5 nitrogen and oxygen atoms in total. The van der Waals surface area contributed by atoms with Crippen molar-refractivity contribution in [2.45, 2.75) is 13.5 Å². The summed E-state index contributed by atoms with van der Waals surface area (Å²) in [4.78, 5) is 26.0. The summed E-state index contributed by atoms with van der Waals surface area (Å²) >= 11 is 6.01. The van der Waals surface area contributed by atoms with Crippen molar-refractivity contribution in [2.75, 3.05) is 20.7 Å². The fourth-order valence-corrected chi connectivity index (χ4v) is 2.62. The van der Waals surface area contributed by atoms with Crippen LogP contribution in [0.15, 0.2) is 42.5 Å². The van der Waals surface area contributed by atoms with Crippen molar-refractivity contribution in [1.82, 2.24) is 10.2 Å². The smallest absolute Gasteiger partial charge is 0.251 e. The van der Waals surface area contributed by atoms with Crippen molar-refractivity contribution in [3.63, 3.8) is 0 Å². The fourth-order valence-electron chi connectivity index (χ4n) is 2.43. The van der Waals surface area contributed by atoms with Gasteiger partial charge in [0.25, 0.3) is 5.91 Å².